The first kappa shape index (κ1) is 9.92. The molecule has 2 aromatic rings. The highest BCUT2D eigenvalue weighted by molar-refractivity contribution is 5.02. The van der Waals surface area contributed by atoms with Crippen molar-refractivity contribution in [2.75, 3.05) is 6.54 Å². The van der Waals surface area contributed by atoms with E-state index in [0.717, 1.165) is 18.7 Å². The van der Waals surface area contributed by atoms with E-state index >= 15 is 0 Å². The quantitative estimate of drug-likeness (QED) is 0.806. The van der Waals surface area contributed by atoms with Crippen molar-refractivity contribution in [2.24, 2.45) is 0 Å². The third kappa shape index (κ3) is 2.66. The molecule has 0 amide bonds. The average Bonchev–Trinajstić information content (AvgIpc) is 2.90. The van der Waals surface area contributed by atoms with Crippen molar-refractivity contribution in [3.05, 3.63) is 36.4 Å². The maximum atomic E-state index is 5.27. The lowest BCUT2D eigenvalue weighted by atomic mass is 10.2. The monoisotopic (exact) mass is 207 g/mol. The highest BCUT2D eigenvalue weighted by Crippen LogP contribution is 2.11. The Kier molecular flexibility index (Phi) is 3.14. The van der Waals surface area contributed by atoms with Crippen LogP contribution in [0.2, 0.25) is 0 Å². The zero-order valence-electron chi connectivity index (χ0n) is 8.51. The summed E-state index contributed by atoms with van der Waals surface area (Å²) in [6, 6.07) is 4.03. The van der Waals surface area contributed by atoms with Crippen molar-refractivity contribution < 1.29 is 8.94 Å². The van der Waals surface area contributed by atoms with Crippen LogP contribution in [0, 0.1) is 0 Å². The number of hydrogen-bond donors (Lipinski definition) is 1. The molecule has 0 aliphatic rings. The van der Waals surface area contributed by atoms with Crippen molar-refractivity contribution in [1.29, 1.82) is 0 Å². The molecule has 0 radical (unpaired) electrons. The minimum absolute atomic E-state index is 0.197. The molecular weight excluding hydrogens is 194 g/mol. The molecule has 1 N–H and O–H groups in total. The zero-order valence-corrected chi connectivity index (χ0v) is 8.51. The molecule has 2 rings (SSSR count). The molecule has 0 fully saturated rings. The summed E-state index contributed by atoms with van der Waals surface area (Å²) >= 11 is 0. The molecule has 5 nitrogen and oxygen atoms in total. The Labute approximate surface area is 87.5 Å². The Balaban J connectivity index is 1.74. The third-order valence-corrected chi connectivity index (χ3v) is 2.17. The maximum Gasteiger partial charge on any atom is 0.227 e. The number of furan rings is 1. The Hall–Kier alpha value is -1.62. The smallest absolute Gasteiger partial charge is 0.227 e. The van der Waals surface area contributed by atoms with Crippen LogP contribution in [0.3, 0.4) is 0 Å². The van der Waals surface area contributed by atoms with Crippen molar-refractivity contribution in [2.45, 2.75) is 19.4 Å². The van der Waals surface area contributed by atoms with Gasteiger partial charge in [-0.05, 0) is 19.1 Å². The van der Waals surface area contributed by atoms with Gasteiger partial charge in [0, 0.05) is 13.0 Å². The first-order valence-electron chi connectivity index (χ1n) is 4.88. The minimum Gasteiger partial charge on any atom is -0.468 e. The first-order chi connectivity index (χ1) is 7.36. The third-order valence-electron chi connectivity index (χ3n) is 2.17. The van der Waals surface area contributed by atoms with E-state index in [1.807, 2.05) is 19.1 Å². The fourth-order valence-corrected chi connectivity index (χ4v) is 1.34. The molecule has 0 aromatic carbocycles. The molecule has 2 heterocycles. The second kappa shape index (κ2) is 4.75. The number of aromatic nitrogens is 2. The summed E-state index contributed by atoms with van der Waals surface area (Å²) < 4.78 is 10.2. The normalized spacial score (nSPS) is 12.9. The van der Waals surface area contributed by atoms with Crippen molar-refractivity contribution in [3.8, 4) is 0 Å². The average molecular weight is 207 g/mol. The van der Waals surface area contributed by atoms with Crippen molar-refractivity contribution >= 4 is 0 Å². The van der Waals surface area contributed by atoms with Gasteiger partial charge in [-0.3, -0.25) is 0 Å². The number of hydrogen-bond acceptors (Lipinski definition) is 5. The summed E-state index contributed by atoms with van der Waals surface area (Å²) in [5.41, 5.74) is 0. The lowest BCUT2D eigenvalue weighted by molar-refractivity contribution is 0.367. The van der Waals surface area contributed by atoms with Gasteiger partial charge in [0.25, 0.3) is 0 Å². The zero-order chi connectivity index (χ0) is 10.5. The van der Waals surface area contributed by atoms with Gasteiger partial charge in [0.15, 0.2) is 6.33 Å². The van der Waals surface area contributed by atoms with Gasteiger partial charge in [0.05, 0.1) is 12.3 Å². The van der Waals surface area contributed by atoms with E-state index in [0.29, 0.717) is 5.89 Å². The predicted molar refractivity (Wildman–Crippen MR) is 53.1 cm³/mol. The van der Waals surface area contributed by atoms with Crippen LogP contribution in [-0.2, 0) is 6.42 Å². The molecule has 0 saturated carbocycles. The fraction of sp³-hybridized carbons (Fsp3) is 0.400. The molecule has 15 heavy (non-hydrogen) atoms. The van der Waals surface area contributed by atoms with Crippen LogP contribution in [0.25, 0.3) is 0 Å². The largest absolute Gasteiger partial charge is 0.468 e. The lowest BCUT2D eigenvalue weighted by Crippen LogP contribution is -2.21. The van der Waals surface area contributed by atoms with Crippen LogP contribution in [-0.4, -0.2) is 16.7 Å². The van der Waals surface area contributed by atoms with E-state index < -0.39 is 0 Å². The van der Waals surface area contributed by atoms with E-state index in [4.69, 9.17) is 8.94 Å². The van der Waals surface area contributed by atoms with Crippen LogP contribution in [0.15, 0.2) is 33.7 Å². The van der Waals surface area contributed by atoms with Gasteiger partial charge in [0.1, 0.15) is 5.76 Å². The van der Waals surface area contributed by atoms with Crippen LogP contribution >= 0.6 is 0 Å². The van der Waals surface area contributed by atoms with E-state index in [9.17, 15) is 0 Å². The van der Waals surface area contributed by atoms with Crippen LogP contribution in [0.4, 0.5) is 0 Å². The highest BCUT2D eigenvalue weighted by atomic mass is 16.5. The van der Waals surface area contributed by atoms with Crippen LogP contribution < -0.4 is 5.32 Å². The molecular formula is C10H13N3O2. The van der Waals surface area contributed by atoms with Crippen molar-refractivity contribution in [3.63, 3.8) is 0 Å². The second-order valence-corrected chi connectivity index (χ2v) is 3.28. The Bertz CT molecular complexity index is 369. The van der Waals surface area contributed by atoms with E-state index in [1.54, 1.807) is 6.26 Å². The SMILES string of the molecule is CC(NCCc1ncno1)c1ccco1. The molecule has 0 saturated heterocycles. The first-order valence-corrected chi connectivity index (χ1v) is 4.88. The molecule has 0 aliphatic carbocycles. The Morgan fingerprint density at radius 3 is 3.13 bits per heavy atom. The maximum absolute atomic E-state index is 5.27. The summed E-state index contributed by atoms with van der Waals surface area (Å²) in [6.45, 7) is 2.83. The minimum atomic E-state index is 0.197. The van der Waals surface area contributed by atoms with Gasteiger partial charge in [-0.25, -0.2) is 0 Å². The topological polar surface area (TPSA) is 64.1 Å². The molecule has 0 spiro atoms. The van der Waals surface area contributed by atoms with Gasteiger partial charge >= 0.3 is 0 Å². The Morgan fingerprint density at radius 2 is 2.47 bits per heavy atom. The summed E-state index contributed by atoms with van der Waals surface area (Å²) in [4.78, 5) is 3.93. The number of nitrogens with one attached hydrogen (secondary N) is 1. The summed E-state index contributed by atoms with van der Waals surface area (Å²) in [6.07, 6.45) is 3.81. The van der Waals surface area contributed by atoms with Gasteiger partial charge in [0.2, 0.25) is 5.89 Å². The van der Waals surface area contributed by atoms with Gasteiger partial charge in [-0.2, -0.15) is 4.98 Å². The standard InChI is InChI=1S/C10H13N3O2/c1-8(9-3-2-6-14-9)11-5-4-10-12-7-13-15-10/h2-3,6-8,11H,4-5H2,1H3. The molecule has 1 atom stereocenters. The Morgan fingerprint density at radius 1 is 1.53 bits per heavy atom. The van der Waals surface area contributed by atoms with Crippen LogP contribution in [0.1, 0.15) is 24.6 Å². The molecule has 5 heteroatoms. The van der Waals surface area contributed by atoms with Gasteiger partial charge in [-0.15, -0.1) is 0 Å². The summed E-state index contributed by atoms with van der Waals surface area (Å²) in [7, 11) is 0. The fourth-order valence-electron chi connectivity index (χ4n) is 1.34. The van der Waals surface area contributed by atoms with Gasteiger partial charge < -0.3 is 14.3 Å². The highest BCUT2D eigenvalue weighted by Gasteiger charge is 2.07. The van der Waals surface area contributed by atoms with E-state index in [1.165, 1.54) is 6.33 Å². The van der Waals surface area contributed by atoms with Crippen molar-refractivity contribution in [1.82, 2.24) is 15.5 Å². The molecule has 0 aliphatic heterocycles. The molecule has 2 aromatic heterocycles. The predicted octanol–water partition coefficient (Wildman–Crippen LogP) is 1.56. The molecule has 0 bridgehead atoms. The van der Waals surface area contributed by atoms with Gasteiger partial charge in [-0.1, -0.05) is 5.16 Å². The van der Waals surface area contributed by atoms with Crippen LogP contribution in [0.5, 0.6) is 0 Å². The lowest BCUT2D eigenvalue weighted by Gasteiger charge is -2.09. The number of rotatable bonds is 5. The summed E-state index contributed by atoms with van der Waals surface area (Å²) in [5.74, 6) is 1.58. The number of nitrogens with zero attached hydrogens (tertiary/aromatic N) is 2. The van der Waals surface area contributed by atoms with E-state index in [2.05, 4.69) is 15.5 Å². The molecule has 80 valence electrons. The second-order valence-electron chi connectivity index (χ2n) is 3.28. The molecule has 1 unspecified atom stereocenters. The van der Waals surface area contributed by atoms with E-state index in [-0.39, 0.29) is 6.04 Å². The summed E-state index contributed by atoms with van der Waals surface area (Å²) in [5, 5.41) is 6.84.